The van der Waals surface area contributed by atoms with Crippen LogP contribution in [0, 0.1) is 0 Å². The van der Waals surface area contributed by atoms with Crippen LogP contribution in [0.1, 0.15) is 12.8 Å². The zero-order valence-corrected chi connectivity index (χ0v) is 12.0. The van der Waals surface area contributed by atoms with Gasteiger partial charge in [-0.05, 0) is 12.1 Å². The highest BCUT2D eigenvalue weighted by atomic mass is 32.2. The average Bonchev–Trinajstić information content (AvgIpc) is 2.43. The highest BCUT2D eigenvalue weighted by Gasteiger charge is 2.18. The Morgan fingerprint density at radius 2 is 1.75 bits per heavy atom. The average molecular weight is 299 g/mol. The summed E-state index contributed by atoms with van der Waals surface area (Å²) in [5.41, 5.74) is 0. The van der Waals surface area contributed by atoms with Gasteiger partial charge < -0.3 is 10.0 Å². The van der Waals surface area contributed by atoms with Gasteiger partial charge >= 0.3 is 5.97 Å². The first-order valence-electron chi connectivity index (χ1n) is 6.06. The molecule has 1 N–H and O–H groups in total. The van der Waals surface area contributed by atoms with Crippen molar-refractivity contribution < 1.29 is 23.1 Å². The minimum atomic E-state index is -3.48. The van der Waals surface area contributed by atoms with Gasteiger partial charge in [-0.2, -0.15) is 0 Å². The molecular formula is C13H17NO5S. The first-order valence-corrected chi connectivity index (χ1v) is 7.72. The molecule has 0 atom stereocenters. The van der Waals surface area contributed by atoms with Crippen molar-refractivity contribution in [2.45, 2.75) is 17.7 Å². The number of hydrogen-bond donors (Lipinski definition) is 1. The van der Waals surface area contributed by atoms with E-state index in [-0.39, 0.29) is 35.9 Å². The van der Waals surface area contributed by atoms with Crippen LogP contribution in [-0.4, -0.2) is 49.6 Å². The van der Waals surface area contributed by atoms with E-state index in [4.69, 9.17) is 5.11 Å². The summed E-state index contributed by atoms with van der Waals surface area (Å²) in [5, 5.41) is 8.52. The first kappa shape index (κ1) is 16.2. The Morgan fingerprint density at radius 1 is 1.15 bits per heavy atom. The normalized spacial score (nSPS) is 11.1. The number of aliphatic carboxylic acids is 1. The van der Waals surface area contributed by atoms with Gasteiger partial charge in [0.2, 0.25) is 5.91 Å². The van der Waals surface area contributed by atoms with Crippen LogP contribution in [0.4, 0.5) is 0 Å². The predicted molar refractivity (Wildman–Crippen MR) is 73.0 cm³/mol. The van der Waals surface area contributed by atoms with Crippen molar-refractivity contribution in [1.82, 2.24) is 4.90 Å². The predicted octanol–water partition coefficient (Wildman–Crippen LogP) is 0.783. The minimum Gasteiger partial charge on any atom is -0.481 e. The molecule has 1 amide bonds. The maximum absolute atomic E-state index is 12.0. The van der Waals surface area contributed by atoms with E-state index in [2.05, 4.69) is 0 Å². The third kappa shape index (κ3) is 5.00. The summed E-state index contributed by atoms with van der Waals surface area (Å²) < 4.78 is 23.9. The van der Waals surface area contributed by atoms with Gasteiger partial charge in [0.25, 0.3) is 0 Å². The molecule has 1 aromatic carbocycles. The maximum atomic E-state index is 12.0. The van der Waals surface area contributed by atoms with Crippen molar-refractivity contribution in [3.05, 3.63) is 30.3 Å². The Bertz CT molecular complexity index is 568. The molecular weight excluding hydrogens is 282 g/mol. The van der Waals surface area contributed by atoms with Crippen molar-refractivity contribution >= 4 is 21.7 Å². The minimum absolute atomic E-state index is 0.0690. The summed E-state index contributed by atoms with van der Waals surface area (Å²) in [5.74, 6) is -1.67. The molecule has 0 aliphatic carbocycles. The molecule has 20 heavy (non-hydrogen) atoms. The van der Waals surface area contributed by atoms with Crippen LogP contribution in [-0.2, 0) is 19.4 Å². The summed E-state index contributed by atoms with van der Waals surface area (Å²) in [6, 6.07) is 7.91. The number of carbonyl (C=O) groups excluding carboxylic acids is 1. The Kier molecular flexibility index (Phi) is 5.69. The second-order valence-corrected chi connectivity index (χ2v) is 6.45. The lowest BCUT2D eigenvalue weighted by molar-refractivity contribution is -0.138. The number of carboxylic acid groups (broad SMARTS) is 1. The number of nitrogens with zero attached hydrogens (tertiary/aromatic N) is 1. The van der Waals surface area contributed by atoms with E-state index in [1.807, 2.05) is 0 Å². The molecule has 0 radical (unpaired) electrons. The molecule has 0 bridgehead atoms. The lowest BCUT2D eigenvalue weighted by Crippen LogP contribution is -2.30. The second kappa shape index (κ2) is 7.04. The molecule has 110 valence electrons. The van der Waals surface area contributed by atoms with E-state index < -0.39 is 15.8 Å². The van der Waals surface area contributed by atoms with Gasteiger partial charge in [0.1, 0.15) is 0 Å². The van der Waals surface area contributed by atoms with Gasteiger partial charge in [-0.3, -0.25) is 9.59 Å². The number of amides is 1. The molecule has 7 heteroatoms. The van der Waals surface area contributed by atoms with E-state index in [1.54, 1.807) is 18.2 Å². The zero-order chi connectivity index (χ0) is 15.2. The van der Waals surface area contributed by atoms with Gasteiger partial charge in [0, 0.05) is 20.0 Å². The zero-order valence-electron chi connectivity index (χ0n) is 11.2. The molecule has 0 aliphatic rings. The molecule has 0 heterocycles. The number of carboxylic acids is 1. The van der Waals surface area contributed by atoms with Gasteiger partial charge in [-0.25, -0.2) is 8.42 Å². The van der Waals surface area contributed by atoms with Gasteiger partial charge in [0.05, 0.1) is 17.1 Å². The molecule has 0 spiro atoms. The Balaban J connectivity index is 2.54. The van der Waals surface area contributed by atoms with Crippen molar-refractivity contribution in [3.63, 3.8) is 0 Å². The molecule has 1 aromatic rings. The summed E-state index contributed by atoms with van der Waals surface area (Å²) >= 11 is 0. The summed E-state index contributed by atoms with van der Waals surface area (Å²) in [7, 11) is -2.03. The lowest BCUT2D eigenvalue weighted by Gasteiger charge is -2.15. The van der Waals surface area contributed by atoms with Crippen LogP contribution < -0.4 is 0 Å². The number of benzene rings is 1. The molecule has 0 saturated carbocycles. The summed E-state index contributed by atoms with van der Waals surface area (Å²) in [4.78, 5) is 23.5. The number of hydrogen-bond acceptors (Lipinski definition) is 4. The largest absolute Gasteiger partial charge is 0.481 e. The molecule has 0 aliphatic heterocycles. The molecule has 0 saturated heterocycles. The fourth-order valence-electron chi connectivity index (χ4n) is 1.55. The second-order valence-electron chi connectivity index (χ2n) is 4.34. The van der Waals surface area contributed by atoms with E-state index in [0.717, 1.165) is 0 Å². The monoisotopic (exact) mass is 299 g/mol. The summed E-state index contributed by atoms with van der Waals surface area (Å²) in [6.45, 7) is 0.0690. The number of carbonyl (C=O) groups is 2. The van der Waals surface area contributed by atoms with Crippen molar-refractivity contribution in [3.8, 4) is 0 Å². The number of sulfone groups is 1. The van der Waals surface area contributed by atoms with Gasteiger partial charge in [-0.15, -0.1) is 0 Å². The fraction of sp³-hybridized carbons (Fsp3) is 0.385. The third-order valence-corrected chi connectivity index (χ3v) is 4.51. The van der Waals surface area contributed by atoms with E-state index in [9.17, 15) is 18.0 Å². The molecule has 0 aromatic heterocycles. The highest BCUT2D eigenvalue weighted by molar-refractivity contribution is 7.91. The third-order valence-electron chi connectivity index (χ3n) is 2.77. The molecule has 6 nitrogen and oxygen atoms in total. The van der Waals surface area contributed by atoms with E-state index >= 15 is 0 Å². The van der Waals surface area contributed by atoms with Crippen LogP contribution >= 0.6 is 0 Å². The quantitative estimate of drug-likeness (QED) is 0.803. The Morgan fingerprint density at radius 3 is 2.30 bits per heavy atom. The topological polar surface area (TPSA) is 91.8 Å². The van der Waals surface area contributed by atoms with Crippen LogP contribution in [0.15, 0.2) is 35.2 Å². The molecule has 0 unspecified atom stereocenters. The van der Waals surface area contributed by atoms with Crippen molar-refractivity contribution in [2.24, 2.45) is 0 Å². The Labute approximate surface area is 117 Å². The van der Waals surface area contributed by atoms with Crippen LogP contribution in [0.2, 0.25) is 0 Å². The van der Waals surface area contributed by atoms with Crippen molar-refractivity contribution in [1.29, 1.82) is 0 Å². The standard InChI is InChI=1S/C13H17NO5S/c1-14(9-7-13(16)17)12(15)8-10-20(18,19)11-5-3-2-4-6-11/h2-6H,7-10H2,1H3,(H,16,17). The van der Waals surface area contributed by atoms with Gasteiger partial charge in [-0.1, -0.05) is 18.2 Å². The SMILES string of the molecule is CN(CCC(=O)O)C(=O)CCS(=O)(=O)c1ccccc1. The van der Waals surface area contributed by atoms with Crippen molar-refractivity contribution in [2.75, 3.05) is 19.3 Å². The van der Waals surface area contributed by atoms with Gasteiger partial charge in [0.15, 0.2) is 9.84 Å². The molecule has 0 fully saturated rings. The van der Waals surface area contributed by atoms with Crippen LogP contribution in [0.5, 0.6) is 0 Å². The smallest absolute Gasteiger partial charge is 0.305 e. The van der Waals surface area contributed by atoms with E-state index in [1.165, 1.54) is 24.1 Å². The van der Waals surface area contributed by atoms with E-state index in [0.29, 0.717) is 0 Å². The maximum Gasteiger partial charge on any atom is 0.305 e. The Hall–Kier alpha value is -1.89. The first-order chi connectivity index (χ1) is 9.33. The van der Waals surface area contributed by atoms with Crippen LogP contribution in [0.3, 0.4) is 0 Å². The summed E-state index contributed by atoms with van der Waals surface area (Å²) in [6.07, 6.45) is -0.318. The molecule has 1 rings (SSSR count). The van der Waals surface area contributed by atoms with Crippen LogP contribution in [0.25, 0.3) is 0 Å². The highest BCUT2D eigenvalue weighted by Crippen LogP contribution is 2.11. The lowest BCUT2D eigenvalue weighted by atomic mass is 10.3. The fourth-order valence-corrected chi connectivity index (χ4v) is 2.80. The number of rotatable bonds is 7.